The minimum absolute atomic E-state index is 0.00964. The average Bonchev–Trinajstić information content (AvgIpc) is 2.29. The minimum Gasteiger partial charge on any atom is -0.299 e. The van der Waals surface area contributed by atoms with E-state index in [2.05, 4.69) is 4.98 Å². The Balaban J connectivity index is 2.32. The number of carbonyl (C=O) groups excluding carboxylic acids is 1. The summed E-state index contributed by atoms with van der Waals surface area (Å²) in [4.78, 5) is 15.5. The van der Waals surface area contributed by atoms with Gasteiger partial charge >= 0.3 is 6.18 Å². The van der Waals surface area contributed by atoms with Gasteiger partial charge in [-0.2, -0.15) is 13.2 Å². The van der Waals surface area contributed by atoms with E-state index in [9.17, 15) is 18.0 Å². The number of Topliss-reactive ketones (excluding diaryl/α,β-unsaturated/α-hetero) is 1. The highest BCUT2D eigenvalue weighted by molar-refractivity contribution is 6.31. The topological polar surface area (TPSA) is 30.0 Å². The Morgan fingerprint density at radius 2 is 2.06 bits per heavy atom. The largest absolute Gasteiger partial charge is 0.417 e. The minimum atomic E-state index is -4.47. The van der Waals surface area contributed by atoms with Crippen molar-refractivity contribution in [2.45, 2.75) is 37.8 Å². The van der Waals surface area contributed by atoms with Crippen molar-refractivity contribution in [1.29, 1.82) is 0 Å². The first kappa shape index (κ1) is 13.3. The Morgan fingerprint density at radius 1 is 1.33 bits per heavy atom. The van der Waals surface area contributed by atoms with Gasteiger partial charge in [0.25, 0.3) is 0 Å². The highest BCUT2D eigenvalue weighted by atomic mass is 35.5. The number of nitrogens with zero attached hydrogens (tertiary/aromatic N) is 1. The molecule has 6 heteroatoms. The standard InChI is InChI=1S/C12H11ClF3NO/c13-9-5-7(12(14,15)16)6-17-11(9)8-3-1-2-4-10(8)18/h5-6,8H,1-4H2. The van der Waals surface area contributed by atoms with Crippen LogP contribution in [0, 0.1) is 0 Å². The normalized spacial score (nSPS) is 21.1. The van der Waals surface area contributed by atoms with Crippen LogP contribution in [0.3, 0.4) is 0 Å². The summed E-state index contributed by atoms with van der Waals surface area (Å²) < 4.78 is 37.4. The summed E-state index contributed by atoms with van der Waals surface area (Å²) in [5, 5.41) is -0.0786. The van der Waals surface area contributed by atoms with Crippen molar-refractivity contribution >= 4 is 17.4 Å². The maximum atomic E-state index is 12.5. The summed E-state index contributed by atoms with van der Waals surface area (Å²) in [6, 6.07) is 0.839. The average molecular weight is 278 g/mol. The third-order valence-electron chi connectivity index (χ3n) is 3.08. The van der Waals surface area contributed by atoms with Crippen LogP contribution in [0.4, 0.5) is 13.2 Å². The highest BCUT2D eigenvalue weighted by Gasteiger charge is 2.33. The molecule has 1 fully saturated rings. The van der Waals surface area contributed by atoms with Crippen molar-refractivity contribution in [3.05, 3.63) is 28.5 Å². The van der Waals surface area contributed by atoms with E-state index in [0.717, 1.165) is 25.1 Å². The predicted octanol–water partition coefficient (Wildman–Crippen LogP) is 3.98. The molecule has 2 nitrogen and oxygen atoms in total. The first-order valence-electron chi connectivity index (χ1n) is 5.65. The van der Waals surface area contributed by atoms with Gasteiger partial charge in [-0.15, -0.1) is 0 Å². The maximum Gasteiger partial charge on any atom is 0.417 e. The zero-order chi connectivity index (χ0) is 13.3. The number of pyridine rings is 1. The maximum absolute atomic E-state index is 12.5. The Morgan fingerprint density at radius 3 is 2.61 bits per heavy atom. The number of halogens is 4. The summed E-state index contributed by atoms with van der Waals surface area (Å²) in [6.07, 6.45) is -0.974. The highest BCUT2D eigenvalue weighted by Crippen LogP contribution is 2.36. The SMILES string of the molecule is O=C1CCCCC1c1ncc(C(F)(F)F)cc1Cl. The van der Waals surface area contributed by atoms with E-state index in [1.54, 1.807) is 0 Å². The number of alkyl halides is 3. The summed E-state index contributed by atoms with van der Waals surface area (Å²) in [7, 11) is 0. The quantitative estimate of drug-likeness (QED) is 0.777. The van der Waals surface area contributed by atoms with Crippen molar-refractivity contribution in [2.24, 2.45) is 0 Å². The van der Waals surface area contributed by atoms with Crippen LogP contribution in [-0.4, -0.2) is 10.8 Å². The van der Waals surface area contributed by atoms with Crippen molar-refractivity contribution in [3.8, 4) is 0 Å². The fourth-order valence-electron chi connectivity index (χ4n) is 2.13. The second-order valence-corrected chi connectivity index (χ2v) is 4.76. The first-order chi connectivity index (χ1) is 8.39. The van der Waals surface area contributed by atoms with E-state index in [1.807, 2.05) is 0 Å². The van der Waals surface area contributed by atoms with Gasteiger partial charge in [0, 0.05) is 12.6 Å². The van der Waals surface area contributed by atoms with E-state index in [-0.39, 0.29) is 16.5 Å². The van der Waals surface area contributed by atoms with Crippen molar-refractivity contribution < 1.29 is 18.0 Å². The molecule has 0 N–H and O–H groups in total. The zero-order valence-electron chi connectivity index (χ0n) is 9.43. The van der Waals surface area contributed by atoms with Crippen molar-refractivity contribution in [2.75, 3.05) is 0 Å². The number of aromatic nitrogens is 1. The molecule has 1 aromatic heterocycles. The molecule has 98 valence electrons. The Bertz CT molecular complexity index is 473. The van der Waals surface area contributed by atoms with Crippen LogP contribution in [0.1, 0.15) is 42.9 Å². The molecule has 0 aliphatic heterocycles. The third-order valence-corrected chi connectivity index (χ3v) is 3.38. The molecule has 1 unspecified atom stereocenters. The van der Waals surface area contributed by atoms with Gasteiger partial charge in [0.2, 0.25) is 0 Å². The van der Waals surface area contributed by atoms with E-state index in [4.69, 9.17) is 11.6 Å². The number of rotatable bonds is 1. The lowest BCUT2D eigenvalue weighted by molar-refractivity contribution is -0.137. The molecule has 1 aliphatic carbocycles. The fourth-order valence-corrected chi connectivity index (χ4v) is 2.43. The molecule has 0 spiro atoms. The third kappa shape index (κ3) is 2.66. The van der Waals surface area contributed by atoms with Gasteiger partial charge in [-0.05, 0) is 18.9 Å². The van der Waals surface area contributed by atoms with E-state index in [0.29, 0.717) is 12.8 Å². The van der Waals surface area contributed by atoms with Gasteiger partial charge in [0.05, 0.1) is 22.2 Å². The van der Waals surface area contributed by atoms with Gasteiger partial charge in [0.1, 0.15) is 5.78 Å². The smallest absolute Gasteiger partial charge is 0.299 e. The molecular weight excluding hydrogens is 267 g/mol. The Labute approximate surface area is 107 Å². The van der Waals surface area contributed by atoms with Gasteiger partial charge in [0.15, 0.2) is 0 Å². The van der Waals surface area contributed by atoms with Crippen LogP contribution in [-0.2, 0) is 11.0 Å². The van der Waals surface area contributed by atoms with Gasteiger partial charge in [-0.25, -0.2) is 0 Å². The fraction of sp³-hybridized carbons (Fsp3) is 0.500. The van der Waals surface area contributed by atoms with Crippen LogP contribution in [0.5, 0.6) is 0 Å². The number of hydrogen-bond acceptors (Lipinski definition) is 2. The summed E-state index contributed by atoms with van der Waals surface area (Å²) >= 11 is 5.82. The monoisotopic (exact) mass is 277 g/mol. The lowest BCUT2D eigenvalue weighted by atomic mass is 9.85. The van der Waals surface area contributed by atoms with Crippen LogP contribution in [0.2, 0.25) is 5.02 Å². The van der Waals surface area contributed by atoms with E-state index in [1.165, 1.54) is 0 Å². The molecule has 1 aliphatic rings. The second kappa shape index (κ2) is 4.88. The number of carbonyl (C=O) groups is 1. The molecule has 0 saturated heterocycles. The Hall–Kier alpha value is -1.10. The summed E-state index contributed by atoms with van der Waals surface area (Å²) in [5.74, 6) is -0.441. The number of hydrogen-bond donors (Lipinski definition) is 0. The molecule has 1 heterocycles. The molecular formula is C12H11ClF3NO. The molecule has 1 atom stereocenters. The lowest BCUT2D eigenvalue weighted by Gasteiger charge is -2.21. The molecule has 0 bridgehead atoms. The lowest BCUT2D eigenvalue weighted by Crippen LogP contribution is -2.19. The van der Waals surface area contributed by atoms with Crippen LogP contribution < -0.4 is 0 Å². The predicted molar refractivity (Wildman–Crippen MR) is 60.5 cm³/mol. The summed E-state index contributed by atoms with van der Waals surface area (Å²) in [5.41, 5.74) is -0.617. The molecule has 1 saturated carbocycles. The van der Waals surface area contributed by atoms with Crippen LogP contribution >= 0.6 is 11.6 Å². The molecule has 0 aromatic carbocycles. The Kier molecular flexibility index (Phi) is 3.61. The zero-order valence-corrected chi connectivity index (χ0v) is 10.2. The van der Waals surface area contributed by atoms with Crippen LogP contribution in [0.25, 0.3) is 0 Å². The van der Waals surface area contributed by atoms with Crippen molar-refractivity contribution in [1.82, 2.24) is 4.98 Å². The van der Waals surface area contributed by atoms with Gasteiger partial charge in [-0.1, -0.05) is 18.0 Å². The molecule has 0 amide bonds. The van der Waals surface area contributed by atoms with Gasteiger partial charge in [-0.3, -0.25) is 9.78 Å². The van der Waals surface area contributed by atoms with Crippen molar-refractivity contribution in [3.63, 3.8) is 0 Å². The van der Waals surface area contributed by atoms with Gasteiger partial charge < -0.3 is 0 Å². The molecule has 18 heavy (non-hydrogen) atoms. The molecule has 2 rings (SSSR count). The number of ketones is 1. The second-order valence-electron chi connectivity index (χ2n) is 4.35. The van der Waals surface area contributed by atoms with Crippen LogP contribution in [0.15, 0.2) is 12.3 Å². The summed E-state index contributed by atoms with van der Waals surface area (Å²) in [6.45, 7) is 0. The van der Waals surface area contributed by atoms with E-state index >= 15 is 0 Å². The molecule has 0 radical (unpaired) electrons. The molecule has 1 aromatic rings. The first-order valence-corrected chi connectivity index (χ1v) is 6.03. The van der Waals surface area contributed by atoms with E-state index < -0.39 is 17.7 Å².